The van der Waals surface area contributed by atoms with E-state index in [-0.39, 0.29) is 5.57 Å². The molecule has 1 aliphatic rings. The summed E-state index contributed by atoms with van der Waals surface area (Å²) in [7, 11) is 0. The molecule has 1 aromatic carbocycles. The Morgan fingerprint density at radius 3 is 2.77 bits per heavy atom. The normalized spacial score (nSPS) is 21.8. The number of carbonyl (C=O) groups excluding carboxylic acids is 1. The predicted molar refractivity (Wildman–Crippen MR) is 88.3 cm³/mol. The van der Waals surface area contributed by atoms with Gasteiger partial charge in [0.05, 0.1) is 10.7 Å². The van der Waals surface area contributed by atoms with E-state index in [0.29, 0.717) is 22.7 Å². The average Bonchev–Trinajstić information content (AvgIpc) is 2.52. The molecule has 0 spiro atoms. The van der Waals surface area contributed by atoms with Crippen molar-refractivity contribution in [2.75, 3.05) is 5.32 Å². The van der Waals surface area contributed by atoms with E-state index in [0.717, 1.165) is 6.42 Å². The minimum atomic E-state index is -0.452. The van der Waals surface area contributed by atoms with Crippen LogP contribution in [-0.4, -0.2) is 11.9 Å². The number of amides is 1. The highest BCUT2D eigenvalue weighted by Gasteiger charge is 2.20. The number of nitrogens with one attached hydrogen (secondary N) is 2. The van der Waals surface area contributed by atoms with Crippen LogP contribution in [0.4, 0.5) is 5.69 Å². The first-order chi connectivity index (χ1) is 10.6. The van der Waals surface area contributed by atoms with E-state index in [2.05, 4.69) is 17.6 Å². The van der Waals surface area contributed by atoms with Crippen molar-refractivity contribution < 1.29 is 4.79 Å². The lowest BCUT2D eigenvalue weighted by Crippen LogP contribution is -2.34. The van der Waals surface area contributed by atoms with Crippen LogP contribution < -0.4 is 10.6 Å². The number of rotatable bonds is 4. The smallest absolute Gasteiger partial charge is 0.267 e. The van der Waals surface area contributed by atoms with Gasteiger partial charge in [-0.05, 0) is 30.9 Å². The van der Waals surface area contributed by atoms with Crippen molar-refractivity contribution >= 4 is 23.2 Å². The number of carbonyl (C=O) groups is 1. The number of nitriles is 1. The van der Waals surface area contributed by atoms with Crippen molar-refractivity contribution in [2.24, 2.45) is 5.92 Å². The number of halogens is 1. The fourth-order valence-electron chi connectivity index (χ4n) is 2.66. The first-order valence-electron chi connectivity index (χ1n) is 7.54. The van der Waals surface area contributed by atoms with Crippen LogP contribution in [0, 0.1) is 17.2 Å². The van der Waals surface area contributed by atoms with Crippen LogP contribution >= 0.6 is 11.6 Å². The van der Waals surface area contributed by atoms with Crippen molar-refractivity contribution in [3.05, 3.63) is 41.1 Å². The standard InChI is InChI=1S/C17H20ClN3O/c1-12-6-2-4-8-15(12)20-11-13(10-19)17(22)21-16-9-5-3-7-14(16)18/h3,5,7,9,11-12,15,20H,2,4,6,8H2,1H3,(H,21,22)/b13-11-. The lowest BCUT2D eigenvalue weighted by Gasteiger charge is -2.29. The molecule has 1 aliphatic carbocycles. The van der Waals surface area contributed by atoms with E-state index in [1.165, 1.54) is 25.5 Å². The van der Waals surface area contributed by atoms with Gasteiger partial charge >= 0.3 is 0 Å². The summed E-state index contributed by atoms with van der Waals surface area (Å²) in [5, 5.41) is 15.5. The summed E-state index contributed by atoms with van der Waals surface area (Å²) in [6.07, 6.45) is 6.21. The van der Waals surface area contributed by atoms with E-state index in [1.807, 2.05) is 6.07 Å². The van der Waals surface area contributed by atoms with Gasteiger partial charge in [-0.1, -0.05) is 43.5 Å². The summed E-state index contributed by atoms with van der Waals surface area (Å²) in [5.74, 6) is 0.100. The minimum absolute atomic E-state index is 0.0534. The summed E-state index contributed by atoms with van der Waals surface area (Å²) >= 11 is 6.00. The molecule has 0 heterocycles. The molecular weight excluding hydrogens is 298 g/mol. The molecule has 1 fully saturated rings. The second kappa shape index (κ2) is 7.86. The second-order valence-electron chi connectivity index (χ2n) is 5.64. The second-order valence-corrected chi connectivity index (χ2v) is 6.05. The number of benzene rings is 1. The van der Waals surface area contributed by atoms with Gasteiger partial charge in [0.25, 0.3) is 5.91 Å². The Bertz CT molecular complexity index is 606. The number of anilines is 1. The first-order valence-corrected chi connectivity index (χ1v) is 7.92. The monoisotopic (exact) mass is 317 g/mol. The highest BCUT2D eigenvalue weighted by molar-refractivity contribution is 6.33. The highest BCUT2D eigenvalue weighted by atomic mass is 35.5. The van der Waals surface area contributed by atoms with Crippen molar-refractivity contribution in [1.29, 1.82) is 5.26 Å². The van der Waals surface area contributed by atoms with Gasteiger partial charge in [-0.2, -0.15) is 5.26 Å². The molecule has 0 aromatic heterocycles. The Labute approximate surface area is 136 Å². The maximum absolute atomic E-state index is 12.1. The first kappa shape index (κ1) is 16.4. The van der Waals surface area contributed by atoms with Crippen LogP contribution in [0.3, 0.4) is 0 Å². The fourth-order valence-corrected chi connectivity index (χ4v) is 2.84. The molecular formula is C17H20ClN3O. The van der Waals surface area contributed by atoms with Crippen LogP contribution in [0.15, 0.2) is 36.0 Å². The quantitative estimate of drug-likeness (QED) is 0.654. The molecule has 0 saturated heterocycles. The maximum atomic E-state index is 12.1. The molecule has 0 radical (unpaired) electrons. The summed E-state index contributed by atoms with van der Waals surface area (Å²) in [4.78, 5) is 12.1. The summed E-state index contributed by atoms with van der Waals surface area (Å²) in [5.41, 5.74) is 0.555. The fraction of sp³-hybridized carbons (Fsp3) is 0.412. The van der Waals surface area contributed by atoms with Crippen LogP contribution in [-0.2, 0) is 4.79 Å². The molecule has 1 amide bonds. The Balaban J connectivity index is 2.01. The van der Waals surface area contributed by atoms with Gasteiger partial charge in [0, 0.05) is 12.2 Å². The highest BCUT2D eigenvalue weighted by Crippen LogP contribution is 2.24. The molecule has 0 aliphatic heterocycles. The van der Waals surface area contributed by atoms with Gasteiger partial charge in [-0.25, -0.2) is 0 Å². The molecule has 116 valence electrons. The van der Waals surface area contributed by atoms with Crippen LogP contribution in [0.2, 0.25) is 5.02 Å². The number of para-hydroxylation sites is 1. The van der Waals surface area contributed by atoms with Crippen molar-refractivity contribution in [3.63, 3.8) is 0 Å². The van der Waals surface area contributed by atoms with Crippen LogP contribution in [0.25, 0.3) is 0 Å². The van der Waals surface area contributed by atoms with E-state index in [9.17, 15) is 10.1 Å². The Kier molecular flexibility index (Phi) is 5.85. The Hall–Kier alpha value is -1.99. The van der Waals surface area contributed by atoms with Gasteiger partial charge in [-0.3, -0.25) is 4.79 Å². The zero-order chi connectivity index (χ0) is 15.9. The van der Waals surface area contributed by atoms with Gasteiger partial charge in [0.1, 0.15) is 11.6 Å². The molecule has 2 N–H and O–H groups in total. The van der Waals surface area contributed by atoms with Crippen molar-refractivity contribution in [3.8, 4) is 6.07 Å². The molecule has 22 heavy (non-hydrogen) atoms. The lowest BCUT2D eigenvalue weighted by molar-refractivity contribution is -0.112. The molecule has 0 bridgehead atoms. The van der Waals surface area contributed by atoms with Crippen LogP contribution in [0.5, 0.6) is 0 Å². The molecule has 2 rings (SSSR count). The van der Waals surface area contributed by atoms with E-state index >= 15 is 0 Å². The average molecular weight is 318 g/mol. The third-order valence-electron chi connectivity index (χ3n) is 4.04. The molecule has 1 aromatic rings. The zero-order valence-electron chi connectivity index (χ0n) is 12.6. The molecule has 2 unspecified atom stereocenters. The molecule has 1 saturated carbocycles. The number of hydrogen-bond donors (Lipinski definition) is 2. The van der Waals surface area contributed by atoms with Gasteiger partial charge < -0.3 is 10.6 Å². The van der Waals surface area contributed by atoms with Crippen LogP contribution in [0.1, 0.15) is 32.6 Å². The number of nitrogens with zero attached hydrogens (tertiary/aromatic N) is 1. The SMILES string of the molecule is CC1CCCCC1N/C=C(/C#N)C(=O)Nc1ccccc1Cl. The topological polar surface area (TPSA) is 64.9 Å². The summed E-state index contributed by atoms with van der Waals surface area (Å²) < 4.78 is 0. The van der Waals surface area contributed by atoms with Crippen molar-refractivity contribution in [2.45, 2.75) is 38.6 Å². The van der Waals surface area contributed by atoms with E-state index < -0.39 is 5.91 Å². The molecule has 2 atom stereocenters. The minimum Gasteiger partial charge on any atom is -0.387 e. The number of hydrogen-bond acceptors (Lipinski definition) is 3. The molecule has 4 nitrogen and oxygen atoms in total. The summed E-state index contributed by atoms with van der Waals surface area (Å²) in [6, 6.07) is 9.21. The molecule has 5 heteroatoms. The third kappa shape index (κ3) is 4.25. The van der Waals surface area contributed by atoms with E-state index in [1.54, 1.807) is 24.3 Å². The van der Waals surface area contributed by atoms with Gasteiger partial charge in [0.2, 0.25) is 0 Å². The summed E-state index contributed by atoms with van der Waals surface area (Å²) in [6.45, 7) is 2.19. The zero-order valence-corrected chi connectivity index (χ0v) is 13.4. The predicted octanol–water partition coefficient (Wildman–Crippen LogP) is 3.85. The van der Waals surface area contributed by atoms with Gasteiger partial charge in [-0.15, -0.1) is 0 Å². The van der Waals surface area contributed by atoms with E-state index in [4.69, 9.17) is 11.6 Å². The van der Waals surface area contributed by atoms with Crippen molar-refractivity contribution in [1.82, 2.24) is 5.32 Å². The largest absolute Gasteiger partial charge is 0.387 e. The lowest BCUT2D eigenvalue weighted by atomic mass is 9.86. The Morgan fingerprint density at radius 1 is 1.36 bits per heavy atom. The third-order valence-corrected chi connectivity index (χ3v) is 4.37. The van der Waals surface area contributed by atoms with Gasteiger partial charge in [0.15, 0.2) is 0 Å². The Morgan fingerprint density at radius 2 is 2.09 bits per heavy atom. The maximum Gasteiger partial charge on any atom is 0.267 e.